The molecule has 15 heavy (non-hydrogen) atoms. The summed E-state index contributed by atoms with van der Waals surface area (Å²) in [6.07, 6.45) is 2.22. The average Bonchev–Trinajstić information content (AvgIpc) is 2.18. The first kappa shape index (κ1) is 14.4. The molecule has 0 rings (SSSR count). The molecule has 0 saturated carbocycles. The van der Waals surface area contributed by atoms with E-state index in [4.69, 9.17) is 4.74 Å². The number of ether oxygens (including phenoxy) is 1. The fraction of sp³-hybridized carbons (Fsp3) is 0.917. The molecule has 0 aromatic heterocycles. The summed E-state index contributed by atoms with van der Waals surface area (Å²) >= 11 is 0. The molecule has 0 aliphatic carbocycles. The topological polar surface area (TPSA) is 46.5 Å². The zero-order valence-electron chi connectivity index (χ0n) is 10.3. The van der Waals surface area contributed by atoms with Gasteiger partial charge in [-0.3, -0.25) is 4.79 Å². The normalized spacial score (nSPS) is 15.1. The van der Waals surface area contributed by atoms with E-state index in [1.165, 1.54) is 0 Å². The maximum absolute atomic E-state index is 11.2. The minimum atomic E-state index is -0.347. The van der Waals surface area contributed by atoms with E-state index in [1.54, 1.807) is 0 Å². The van der Waals surface area contributed by atoms with Gasteiger partial charge in [-0.05, 0) is 12.8 Å². The van der Waals surface area contributed by atoms with E-state index >= 15 is 0 Å². The van der Waals surface area contributed by atoms with Gasteiger partial charge in [-0.15, -0.1) is 0 Å². The molecule has 3 nitrogen and oxygen atoms in total. The highest BCUT2D eigenvalue weighted by Gasteiger charge is 2.19. The maximum Gasteiger partial charge on any atom is 0.308 e. The number of carbonyl (C=O) groups excluding carboxylic acids is 1. The number of aliphatic hydroxyl groups excluding tert-OH is 1. The molecule has 0 amide bonds. The van der Waals surface area contributed by atoms with Gasteiger partial charge in [-0.25, -0.2) is 0 Å². The van der Waals surface area contributed by atoms with Crippen LogP contribution in [0.3, 0.4) is 0 Å². The molecule has 90 valence electrons. The molecule has 0 bridgehead atoms. The van der Waals surface area contributed by atoms with Crippen LogP contribution in [0.25, 0.3) is 0 Å². The monoisotopic (exact) mass is 216 g/mol. The van der Waals surface area contributed by atoms with Crippen molar-refractivity contribution in [2.75, 3.05) is 6.61 Å². The van der Waals surface area contributed by atoms with Crippen LogP contribution >= 0.6 is 0 Å². The Balaban J connectivity index is 3.94. The van der Waals surface area contributed by atoms with E-state index in [1.807, 2.05) is 27.7 Å². The van der Waals surface area contributed by atoms with Gasteiger partial charge in [0.1, 0.15) is 0 Å². The van der Waals surface area contributed by atoms with Gasteiger partial charge in [0.25, 0.3) is 0 Å². The van der Waals surface area contributed by atoms with Crippen LogP contribution in [0, 0.1) is 11.8 Å². The van der Waals surface area contributed by atoms with Crippen LogP contribution in [0.5, 0.6) is 0 Å². The molecule has 0 aromatic rings. The van der Waals surface area contributed by atoms with Gasteiger partial charge in [-0.2, -0.15) is 0 Å². The lowest BCUT2D eigenvalue weighted by molar-refractivity contribution is -0.150. The Morgan fingerprint density at radius 2 is 1.93 bits per heavy atom. The van der Waals surface area contributed by atoms with Crippen molar-refractivity contribution in [3.05, 3.63) is 0 Å². The predicted molar refractivity (Wildman–Crippen MR) is 60.5 cm³/mol. The van der Waals surface area contributed by atoms with Gasteiger partial charge in [-0.1, -0.05) is 34.1 Å². The summed E-state index contributed by atoms with van der Waals surface area (Å²) in [4.78, 5) is 11.2. The zero-order chi connectivity index (χ0) is 11.8. The Morgan fingerprint density at radius 3 is 2.33 bits per heavy atom. The number of hydrogen-bond donors (Lipinski definition) is 1. The number of carbonyl (C=O) groups is 1. The summed E-state index contributed by atoms with van der Waals surface area (Å²) in [5.41, 5.74) is 0. The lowest BCUT2D eigenvalue weighted by Gasteiger charge is -2.21. The number of hydrogen-bond acceptors (Lipinski definition) is 3. The van der Waals surface area contributed by atoms with Crippen LogP contribution in [0.15, 0.2) is 0 Å². The van der Waals surface area contributed by atoms with Crippen molar-refractivity contribution in [1.29, 1.82) is 0 Å². The SMILES string of the molecule is CCCC(O)C(CC)COC(=O)C(C)C. The molecule has 0 saturated heterocycles. The van der Waals surface area contributed by atoms with Gasteiger partial charge in [0.2, 0.25) is 0 Å². The third kappa shape index (κ3) is 5.78. The van der Waals surface area contributed by atoms with Gasteiger partial charge in [0.15, 0.2) is 0 Å². The third-order valence-electron chi connectivity index (χ3n) is 2.56. The molecule has 0 spiro atoms. The van der Waals surface area contributed by atoms with E-state index in [0.29, 0.717) is 6.61 Å². The second-order valence-electron chi connectivity index (χ2n) is 4.31. The standard InChI is InChI=1S/C12H24O3/c1-5-7-11(13)10(6-2)8-15-12(14)9(3)4/h9-11,13H,5-8H2,1-4H3. The molecular weight excluding hydrogens is 192 g/mol. The highest BCUT2D eigenvalue weighted by atomic mass is 16.5. The van der Waals surface area contributed by atoms with Gasteiger partial charge >= 0.3 is 5.97 Å². The summed E-state index contributed by atoms with van der Waals surface area (Å²) in [6, 6.07) is 0. The van der Waals surface area contributed by atoms with Crippen molar-refractivity contribution < 1.29 is 14.6 Å². The van der Waals surface area contributed by atoms with E-state index in [9.17, 15) is 9.90 Å². The molecule has 0 fully saturated rings. The fourth-order valence-corrected chi connectivity index (χ4v) is 1.39. The van der Waals surface area contributed by atoms with Crippen LogP contribution < -0.4 is 0 Å². The van der Waals surface area contributed by atoms with Crippen molar-refractivity contribution in [1.82, 2.24) is 0 Å². The van der Waals surface area contributed by atoms with Crippen LogP contribution in [-0.4, -0.2) is 23.8 Å². The summed E-state index contributed by atoms with van der Waals surface area (Å²) < 4.78 is 5.13. The number of esters is 1. The molecule has 2 atom stereocenters. The fourth-order valence-electron chi connectivity index (χ4n) is 1.39. The quantitative estimate of drug-likeness (QED) is 0.665. The molecule has 0 aliphatic heterocycles. The third-order valence-corrected chi connectivity index (χ3v) is 2.56. The smallest absolute Gasteiger partial charge is 0.308 e. The predicted octanol–water partition coefficient (Wildman–Crippen LogP) is 2.37. The van der Waals surface area contributed by atoms with Crippen LogP contribution in [0.1, 0.15) is 47.0 Å². The molecular formula is C12H24O3. The summed E-state index contributed by atoms with van der Waals surface area (Å²) in [5, 5.41) is 9.77. The Bertz CT molecular complexity index is 178. The first-order valence-corrected chi connectivity index (χ1v) is 5.87. The highest BCUT2D eigenvalue weighted by Crippen LogP contribution is 2.14. The number of aliphatic hydroxyl groups is 1. The second kappa shape index (κ2) is 7.69. The average molecular weight is 216 g/mol. The van der Waals surface area contributed by atoms with Crippen molar-refractivity contribution in [2.45, 2.75) is 53.1 Å². The first-order chi connectivity index (χ1) is 7.02. The minimum absolute atomic E-state index is 0.0765. The first-order valence-electron chi connectivity index (χ1n) is 5.87. The molecule has 2 unspecified atom stereocenters. The van der Waals surface area contributed by atoms with Crippen LogP contribution in [0.4, 0.5) is 0 Å². The Kier molecular flexibility index (Phi) is 7.39. The van der Waals surface area contributed by atoms with Gasteiger partial charge in [0.05, 0.1) is 18.6 Å². The lowest BCUT2D eigenvalue weighted by atomic mass is 9.97. The Labute approximate surface area is 92.8 Å². The number of rotatable bonds is 7. The van der Waals surface area contributed by atoms with E-state index < -0.39 is 0 Å². The molecule has 0 aliphatic rings. The van der Waals surface area contributed by atoms with Crippen molar-refractivity contribution in [3.63, 3.8) is 0 Å². The lowest BCUT2D eigenvalue weighted by Crippen LogP contribution is -2.26. The van der Waals surface area contributed by atoms with E-state index in [-0.39, 0.29) is 23.9 Å². The van der Waals surface area contributed by atoms with Gasteiger partial charge in [0, 0.05) is 5.92 Å². The van der Waals surface area contributed by atoms with Crippen molar-refractivity contribution >= 4 is 5.97 Å². The summed E-state index contributed by atoms with van der Waals surface area (Å²) in [5.74, 6) is -0.198. The largest absolute Gasteiger partial charge is 0.465 e. The molecule has 1 N–H and O–H groups in total. The van der Waals surface area contributed by atoms with Crippen LogP contribution in [-0.2, 0) is 9.53 Å². The molecule has 0 heterocycles. The highest BCUT2D eigenvalue weighted by molar-refractivity contribution is 5.71. The Morgan fingerprint density at radius 1 is 1.33 bits per heavy atom. The molecule has 0 radical (unpaired) electrons. The summed E-state index contributed by atoms with van der Waals surface area (Å²) in [7, 11) is 0. The van der Waals surface area contributed by atoms with Gasteiger partial charge < -0.3 is 9.84 Å². The van der Waals surface area contributed by atoms with Crippen molar-refractivity contribution in [2.24, 2.45) is 11.8 Å². The van der Waals surface area contributed by atoms with Crippen molar-refractivity contribution in [3.8, 4) is 0 Å². The molecule has 0 aromatic carbocycles. The summed E-state index contributed by atoms with van der Waals surface area (Å²) in [6.45, 7) is 8.01. The second-order valence-corrected chi connectivity index (χ2v) is 4.31. The minimum Gasteiger partial charge on any atom is -0.465 e. The maximum atomic E-state index is 11.2. The van der Waals surface area contributed by atoms with Crippen LogP contribution in [0.2, 0.25) is 0 Å². The van der Waals surface area contributed by atoms with E-state index in [0.717, 1.165) is 19.3 Å². The van der Waals surface area contributed by atoms with E-state index in [2.05, 4.69) is 0 Å². The molecule has 3 heteroatoms. The zero-order valence-corrected chi connectivity index (χ0v) is 10.3. The Hall–Kier alpha value is -0.570.